The molecule has 0 aliphatic heterocycles. The summed E-state index contributed by atoms with van der Waals surface area (Å²) < 4.78 is 13.1. The maximum Gasteiger partial charge on any atom is 0.260 e. The molecule has 3 rings (SSSR count). The van der Waals surface area contributed by atoms with Gasteiger partial charge in [-0.05, 0) is 43.3 Å². The van der Waals surface area contributed by atoms with Crippen molar-refractivity contribution < 1.29 is 14.3 Å². The average molecular weight is 365 g/mol. The van der Waals surface area contributed by atoms with Gasteiger partial charge in [0.05, 0.1) is 6.20 Å². The Morgan fingerprint density at radius 1 is 1.04 bits per heavy atom. The van der Waals surface area contributed by atoms with Crippen LogP contribution in [-0.2, 0) is 18.4 Å². The number of hydrogen-bond donors (Lipinski definition) is 0. The van der Waals surface area contributed by atoms with E-state index in [-0.39, 0.29) is 12.5 Å². The lowest BCUT2D eigenvalue weighted by Crippen LogP contribution is -2.30. The first-order chi connectivity index (χ1) is 13.0. The molecule has 0 fully saturated rings. The van der Waals surface area contributed by atoms with Crippen LogP contribution in [0.1, 0.15) is 11.1 Å². The van der Waals surface area contributed by atoms with Crippen LogP contribution >= 0.6 is 0 Å². The van der Waals surface area contributed by atoms with Crippen LogP contribution in [0.25, 0.3) is 0 Å². The fraction of sp³-hybridized carbons (Fsp3) is 0.238. The summed E-state index contributed by atoms with van der Waals surface area (Å²) in [6.45, 7) is 2.51. The van der Waals surface area contributed by atoms with E-state index in [4.69, 9.17) is 9.47 Å². The van der Waals surface area contributed by atoms with Crippen molar-refractivity contribution >= 4 is 5.91 Å². The highest BCUT2D eigenvalue weighted by Crippen LogP contribution is 2.24. The summed E-state index contributed by atoms with van der Waals surface area (Å²) in [6.07, 6.45) is 3.63. The molecule has 0 saturated carbocycles. The summed E-state index contributed by atoms with van der Waals surface area (Å²) in [6, 6.07) is 15.1. The Hall–Kier alpha value is -3.28. The Balaban J connectivity index is 1.49. The van der Waals surface area contributed by atoms with E-state index in [0.717, 1.165) is 11.3 Å². The first kappa shape index (κ1) is 18.5. The topological polar surface area (TPSA) is 56.6 Å². The molecule has 3 aromatic rings. The molecule has 0 spiro atoms. The molecule has 140 valence electrons. The van der Waals surface area contributed by atoms with Crippen molar-refractivity contribution in [2.45, 2.75) is 13.5 Å². The van der Waals surface area contributed by atoms with Crippen molar-refractivity contribution in [1.82, 2.24) is 14.7 Å². The van der Waals surface area contributed by atoms with Gasteiger partial charge in [0, 0.05) is 32.4 Å². The number of benzene rings is 2. The second kappa shape index (κ2) is 8.40. The minimum atomic E-state index is -0.0983. The molecule has 0 saturated heterocycles. The maximum atomic E-state index is 12.2. The lowest BCUT2D eigenvalue weighted by atomic mass is 10.2. The molecule has 0 N–H and O–H groups in total. The molecule has 1 heterocycles. The Kier molecular flexibility index (Phi) is 5.76. The van der Waals surface area contributed by atoms with Crippen LogP contribution in [0.3, 0.4) is 0 Å². The van der Waals surface area contributed by atoms with E-state index in [0.29, 0.717) is 18.0 Å². The number of rotatable bonds is 7. The maximum absolute atomic E-state index is 12.2. The van der Waals surface area contributed by atoms with Crippen LogP contribution in [0.5, 0.6) is 17.2 Å². The van der Waals surface area contributed by atoms with E-state index >= 15 is 0 Å². The van der Waals surface area contributed by atoms with E-state index in [9.17, 15) is 4.79 Å². The van der Waals surface area contributed by atoms with Gasteiger partial charge < -0.3 is 14.4 Å². The Morgan fingerprint density at radius 2 is 1.63 bits per heavy atom. The summed E-state index contributed by atoms with van der Waals surface area (Å²) >= 11 is 0. The highest BCUT2D eigenvalue weighted by Gasteiger charge is 2.11. The predicted molar refractivity (Wildman–Crippen MR) is 103 cm³/mol. The van der Waals surface area contributed by atoms with Gasteiger partial charge in [-0.3, -0.25) is 9.48 Å². The molecule has 0 bridgehead atoms. The number of nitrogens with zero attached hydrogens (tertiary/aromatic N) is 3. The van der Waals surface area contributed by atoms with Gasteiger partial charge in [0.1, 0.15) is 17.2 Å². The Bertz CT molecular complexity index is 886. The highest BCUT2D eigenvalue weighted by atomic mass is 16.5. The first-order valence-electron chi connectivity index (χ1n) is 8.68. The Morgan fingerprint density at radius 3 is 2.22 bits per heavy atom. The van der Waals surface area contributed by atoms with E-state index in [1.807, 2.05) is 56.6 Å². The van der Waals surface area contributed by atoms with Crippen molar-refractivity contribution in [2.24, 2.45) is 7.05 Å². The Labute approximate surface area is 158 Å². The lowest BCUT2D eigenvalue weighted by Gasteiger charge is -2.16. The minimum Gasteiger partial charge on any atom is -0.484 e. The van der Waals surface area contributed by atoms with Gasteiger partial charge in [0.15, 0.2) is 6.61 Å². The number of hydrogen-bond acceptors (Lipinski definition) is 4. The molecule has 27 heavy (non-hydrogen) atoms. The van der Waals surface area contributed by atoms with Crippen LogP contribution in [0.2, 0.25) is 0 Å². The van der Waals surface area contributed by atoms with Crippen molar-refractivity contribution in [3.63, 3.8) is 0 Å². The highest BCUT2D eigenvalue weighted by molar-refractivity contribution is 5.77. The van der Waals surface area contributed by atoms with Gasteiger partial charge in [-0.2, -0.15) is 5.10 Å². The smallest absolute Gasteiger partial charge is 0.260 e. The van der Waals surface area contributed by atoms with Crippen molar-refractivity contribution in [2.75, 3.05) is 13.7 Å². The van der Waals surface area contributed by atoms with Gasteiger partial charge in [-0.1, -0.05) is 17.7 Å². The molecule has 1 aromatic heterocycles. The number of aromatic nitrogens is 2. The van der Waals surface area contributed by atoms with Crippen LogP contribution in [0, 0.1) is 6.92 Å². The molecule has 0 unspecified atom stereocenters. The molecular formula is C21H23N3O3. The molecule has 6 heteroatoms. The summed E-state index contributed by atoms with van der Waals surface area (Å²) in [5.41, 5.74) is 2.16. The standard InChI is InChI=1S/C21H23N3O3/c1-16-4-6-19(7-5-16)27-20-10-8-18(9-11-20)26-15-21(25)23(2)13-17-12-22-24(3)14-17/h4-12,14H,13,15H2,1-3H3. The van der Waals surface area contributed by atoms with Crippen LogP contribution in [0.15, 0.2) is 60.9 Å². The lowest BCUT2D eigenvalue weighted by molar-refractivity contribution is -0.132. The van der Waals surface area contributed by atoms with Gasteiger partial charge in [-0.25, -0.2) is 0 Å². The summed E-state index contributed by atoms with van der Waals surface area (Å²) in [7, 11) is 3.60. The van der Waals surface area contributed by atoms with E-state index < -0.39 is 0 Å². The summed E-state index contributed by atoms with van der Waals surface area (Å²) in [4.78, 5) is 13.8. The van der Waals surface area contributed by atoms with Gasteiger partial charge >= 0.3 is 0 Å². The van der Waals surface area contributed by atoms with Crippen LogP contribution in [-0.4, -0.2) is 34.2 Å². The van der Waals surface area contributed by atoms with Gasteiger partial charge in [0.2, 0.25) is 0 Å². The monoisotopic (exact) mass is 365 g/mol. The molecule has 0 radical (unpaired) electrons. The van der Waals surface area contributed by atoms with E-state index in [2.05, 4.69) is 5.10 Å². The molecule has 6 nitrogen and oxygen atoms in total. The number of likely N-dealkylation sites (N-methyl/N-ethyl adjacent to an activating group) is 1. The fourth-order valence-electron chi connectivity index (χ4n) is 2.52. The van der Waals surface area contributed by atoms with Gasteiger partial charge in [0.25, 0.3) is 5.91 Å². The third-order valence-corrected chi connectivity index (χ3v) is 4.05. The third-order valence-electron chi connectivity index (χ3n) is 4.05. The molecule has 0 atom stereocenters. The normalized spacial score (nSPS) is 10.5. The number of aryl methyl sites for hydroxylation is 2. The fourth-order valence-corrected chi connectivity index (χ4v) is 2.52. The zero-order valence-corrected chi connectivity index (χ0v) is 15.8. The summed E-state index contributed by atoms with van der Waals surface area (Å²) in [5.74, 6) is 2.01. The quantitative estimate of drug-likeness (QED) is 0.642. The largest absolute Gasteiger partial charge is 0.484 e. The average Bonchev–Trinajstić information content (AvgIpc) is 3.07. The zero-order valence-electron chi connectivity index (χ0n) is 15.8. The molecule has 1 amide bonds. The molecule has 2 aromatic carbocycles. The first-order valence-corrected chi connectivity index (χ1v) is 8.68. The number of ether oxygens (including phenoxy) is 2. The third kappa shape index (κ3) is 5.34. The minimum absolute atomic E-state index is 0.0189. The van der Waals surface area contributed by atoms with Crippen molar-refractivity contribution in [1.29, 1.82) is 0 Å². The molecule has 0 aliphatic rings. The molecule has 0 aliphatic carbocycles. The number of amides is 1. The van der Waals surface area contributed by atoms with Gasteiger partial charge in [-0.15, -0.1) is 0 Å². The molecular weight excluding hydrogens is 342 g/mol. The zero-order chi connectivity index (χ0) is 19.2. The summed E-state index contributed by atoms with van der Waals surface area (Å²) in [5, 5.41) is 4.10. The van der Waals surface area contributed by atoms with E-state index in [1.54, 1.807) is 35.0 Å². The van der Waals surface area contributed by atoms with Crippen molar-refractivity contribution in [3.8, 4) is 17.2 Å². The second-order valence-corrected chi connectivity index (χ2v) is 6.45. The van der Waals surface area contributed by atoms with E-state index in [1.165, 1.54) is 5.56 Å². The SMILES string of the molecule is Cc1ccc(Oc2ccc(OCC(=O)N(C)Cc3cnn(C)c3)cc2)cc1. The number of carbonyl (C=O) groups excluding carboxylic acids is 1. The predicted octanol–water partition coefficient (Wildman–Crippen LogP) is 3.56. The second-order valence-electron chi connectivity index (χ2n) is 6.45. The van der Waals surface area contributed by atoms with Crippen LogP contribution in [0.4, 0.5) is 0 Å². The number of carbonyl (C=O) groups is 1. The van der Waals surface area contributed by atoms with Crippen LogP contribution < -0.4 is 9.47 Å². The van der Waals surface area contributed by atoms with Crippen molar-refractivity contribution in [3.05, 3.63) is 72.1 Å².